The molecular weight excluding hydrogens is 296 g/mol. The SMILES string of the molecule is Cc1ccc(-c2csc(/C(C#N)=C/c3ccsc3)n2)cc1. The molecule has 0 bridgehead atoms. The van der Waals surface area contributed by atoms with Crippen molar-refractivity contribution in [1.82, 2.24) is 4.98 Å². The van der Waals surface area contributed by atoms with E-state index in [0.717, 1.165) is 21.8 Å². The van der Waals surface area contributed by atoms with Crippen LogP contribution in [-0.4, -0.2) is 4.98 Å². The standard InChI is InChI=1S/C17H12N2S2/c1-12-2-4-14(5-3-12)16-11-21-17(19-16)15(9-18)8-13-6-7-20-10-13/h2-8,10-11H,1H3/b15-8+. The van der Waals surface area contributed by atoms with Crippen LogP contribution in [0, 0.1) is 18.3 Å². The summed E-state index contributed by atoms with van der Waals surface area (Å²) in [6.45, 7) is 2.06. The number of aromatic nitrogens is 1. The van der Waals surface area contributed by atoms with Crippen LogP contribution in [0.3, 0.4) is 0 Å². The highest BCUT2D eigenvalue weighted by Crippen LogP contribution is 2.27. The predicted molar refractivity (Wildman–Crippen MR) is 90.1 cm³/mol. The Hall–Kier alpha value is -2.22. The van der Waals surface area contributed by atoms with Crippen molar-refractivity contribution in [1.29, 1.82) is 5.26 Å². The Bertz CT molecular complexity index is 803. The Balaban J connectivity index is 1.94. The lowest BCUT2D eigenvalue weighted by Gasteiger charge is -1.97. The van der Waals surface area contributed by atoms with Gasteiger partial charge in [-0.1, -0.05) is 29.8 Å². The number of allylic oxidation sites excluding steroid dienone is 1. The summed E-state index contributed by atoms with van der Waals surface area (Å²) in [6.07, 6.45) is 1.88. The summed E-state index contributed by atoms with van der Waals surface area (Å²) in [6, 6.07) is 12.5. The highest BCUT2D eigenvalue weighted by Gasteiger charge is 2.09. The number of thiophene rings is 1. The van der Waals surface area contributed by atoms with Crippen molar-refractivity contribution in [3.05, 3.63) is 62.6 Å². The van der Waals surface area contributed by atoms with Crippen molar-refractivity contribution in [3.8, 4) is 17.3 Å². The molecule has 0 aliphatic rings. The molecule has 0 unspecified atom stereocenters. The molecule has 1 aromatic carbocycles. The fourth-order valence-electron chi connectivity index (χ4n) is 1.92. The zero-order chi connectivity index (χ0) is 14.7. The first kappa shape index (κ1) is 13.7. The van der Waals surface area contributed by atoms with Crippen molar-refractivity contribution in [2.75, 3.05) is 0 Å². The number of hydrogen-bond donors (Lipinski definition) is 0. The lowest BCUT2D eigenvalue weighted by Crippen LogP contribution is -1.82. The summed E-state index contributed by atoms with van der Waals surface area (Å²) in [5.41, 5.74) is 4.88. The van der Waals surface area contributed by atoms with Crippen LogP contribution >= 0.6 is 22.7 Å². The van der Waals surface area contributed by atoms with Crippen LogP contribution < -0.4 is 0 Å². The maximum absolute atomic E-state index is 9.35. The van der Waals surface area contributed by atoms with Crippen LogP contribution in [0.15, 0.2) is 46.5 Å². The highest BCUT2D eigenvalue weighted by molar-refractivity contribution is 7.11. The molecule has 0 atom stereocenters. The molecule has 0 saturated heterocycles. The van der Waals surface area contributed by atoms with E-state index < -0.39 is 0 Å². The monoisotopic (exact) mass is 308 g/mol. The average molecular weight is 308 g/mol. The third kappa shape index (κ3) is 3.10. The molecule has 2 nitrogen and oxygen atoms in total. The van der Waals surface area contributed by atoms with E-state index in [1.165, 1.54) is 16.9 Å². The zero-order valence-electron chi connectivity index (χ0n) is 11.4. The van der Waals surface area contributed by atoms with Gasteiger partial charge in [-0.05, 0) is 35.4 Å². The summed E-state index contributed by atoms with van der Waals surface area (Å²) < 4.78 is 0. The van der Waals surface area contributed by atoms with E-state index in [0.29, 0.717) is 5.57 Å². The fraction of sp³-hybridized carbons (Fsp3) is 0.0588. The smallest absolute Gasteiger partial charge is 0.134 e. The Morgan fingerprint density at radius 2 is 2.00 bits per heavy atom. The number of thiazole rings is 1. The molecule has 2 heterocycles. The number of nitrogens with zero attached hydrogens (tertiary/aromatic N) is 2. The summed E-state index contributed by atoms with van der Waals surface area (Å²) in [5.74, 6) is 0. The van der Waals surface area contributed by atoms with Gasteiger partial charge < -0.3 is 0 Å². The van der Waals surface area contributed by atoms with Crippen molar-refractivity contribution in [3.63, 3.8) is 0 Å². The number of benzene rings is 1. The Labute approximate surface area is 131 Å². The lowest BCUT2D eigenvalue weighted by atomic mass is 10.1. The molecule has 0 N–H and O–H groups in total. The van der Waals surface area contributed by atoms with Gasteiger partial charge in [-0.3, -0.25) is 0 Å². The number of rotatable bonds is 3. The van der Waals surface area contributed by atoms with Gasteiger partial charge in [-0.2, -0.15) is 16.6 Å². The molecule has 0 amide bonds. The first-order chi connectivity index (χ1) is 10.3. The summed E-state index contributed by atoms with van der Waals surface area (Å²) in [7, 11) is 0. The van der Waals surface area contributed by atoms with Gasteiger partial charge in [0.05, 0.1) is 11.3 Å². The van der Waals surface area contributed by atoms with Gasteiger partial charge in [0.15, 0.2) is 0 Å². The molecule has 0 aliphatic heterocycles. The van der Waals surface area contributed by atoms with Gasteiger partial charge >= 0.3 is 0 Å². The van der Waals surface area contributed by atoms with Gasteiger partial charge in [-0.25, -0.2) is 4.98 Å². The van der Waals surface area contributed by atoms with Crippen LogP contribution in [0.5, 0.6) is 0 Å². The van der Waals surface area contributed by atoms with E-state index in [2.05, 4.69) is 42.2 Å². The van der Waals surface area contributed by atoms with Gasteiger partial charge in [0.1, 0.15) is 11.1 Å². The molecule has 21 heavy (non-hydrogen) atoms. The Morgan fingerprint density at radius 3 is 2.67 bits per heavy atom. The van der Waals surface area contributed by atoms with E-state index in [9.17, 15) is 5.26 Å². The van der Waals surface area contributed by atoms with Crippen molar-refractivity contribution >= 4 is 34.3 Å². The zero-order valence-corrected chi connectivity index (χ0v) is 13.0. The van der Waals surface area contributed by atoms with E-state index in [1.807, 2.05) is 28.3 Å². The molecule has 2 aromatic heterocycles. The maximum atomic E-state index is 9.35. The van der Waals surface area contributed by atoms with Crippen molar-refractivity contribution in [2.24, 2.45) is 0 Å². The molecular formula is C17H12N2S2. The fourth-order valence-corrected chi connectivity index (χ4v) is 3.33. The minimum Gasteiger partial charge on any atom is -0.235 e. The maximum Gasteiger partial charge on any atom is 0.134 e. The van der Waals surface area contributed by atoms with E-state index in [4.69, 9.17) is 0 Å². The van der Waals surface area contributed by atoms with Gasteiger partial charge in [0.25, 0.3) is 0 Å². The minimum atomic E-state index is 0.608. The van der Waals surface area contributed by atoms with Gasteiger partial charge in [-0.15, -0.1) is 11.3 Å². The minimum absolute atomic E-state index is 0.608. The van der Waals surface area contributed by atoms with E-state index >= 15 is 0 Å². The summed E-state index contributed by atoms with van der Waals surface area (Å²) >= 11 is 3.12. The molecule has 0 fully saturated rings. The Kier molecular flexibility index (Phi) is 3.96. The highest BCUT2D eigenvalue weighted by atomic mass is 32.1. The predicted octanol–water partition coefficient (Wildman–Crippen LogP) is 5.24. The first-order valence-corrected chi connectivity index (χ1v) is 8.25. The second-order valence-corrected chi connectivity index (χ2v) is 6.27. The molecule has 0 spiro atoms. The van der Waals surface area contributed by atoms with Crippen LogP contribution in [0.4, 0.5) is 0 Å². The van der Waals surface area contributed by atoms with Gasteiger partial charge in [0, 0.05) is 10.9 Å². The first-order valence-electron chi connectivity index (χ1n) is 6.43. The third-order valence-corrected chi connectivity index (χ3v) is 4.63. The Morgan fingerprint density at radius 1 is 1.19 bits per heavy atom. The molecule has 3 rings (SSSR count). The molecule has 3 aromatic rings. The van der Waals surface area contributed by atoms with E-state index in [1.54, 1.807) is 11.3 Å². The van der Waals surface area contributed by atoms with Crippen LogP contribution in [-0.2, 0) is 0 Å². The lowest BCUT2D eigenvalue weighted by molar-refractivity contribution is 1.36. The molecule has 0 saturated carbocycles. The van der Waals surface area contributed by atoms with E-state index in [-0.39, 0.29) is 0 Å². The van der Waals surface area contributed by atoms with Crippen LogP contribution in [0.2, 0.25) is 0 Å². The van der Waals surface area contributed by atoms with Gasteiger partial charge in [0.2, 0.25) is 0 Å². The quantitative estimate of drug-likeness (QED) is 0.620. The average Bonchev–Trinajstić information content (AvgIpc) is 3.17. The van der Waals surface area contributed by atoms with Crippen molar-refractivity contribution in [2.45, 2.75) is 6.92 Å². The number of nitriles is 1. The molecule has 4 heteroatoms. The summed E-state index contributed by atoms with van der Waals surface area (Å²) in [4.78, 5) is 4.59. The molecule has 0 aliphatic carbocycles. The van der Waals surface area contributed by atoms with Crippen LogP contribution in [0.25, 0.3) is 22.9 Å². The van der Waals surface area contributed by atoms with Crippen molar-refractivity contribution < 1.29 is 0 Å². The third-order valence-electron chi connectivity index (χ3n) is 3.06. The second kappa shape index (κ2) is 6.04. The number of hydrogen-bond acceptors (Lipinski definition) is 4. The van der Waals surface area contributed by atoms with Crippen LogP contribution in [0.1, 0.15) is 16.1 Å². The normalized spacial score (nSPS) is 11.3. The topological polar surface area (TPSA) is 36.7 Å². The largest absolute Gasteiger partial charge is 0.235 e. The molecule has 0 radical (unpaired) electrons. The summed E-state index contributed by atoms with van der Waals surface area (Å²) in [5, 5.41) is 16.1. The number of aryl methyl sites for hydroxylation is 1. The second-order valence-electron chi connectivity index (χ2n) is 4.63. The molecule has 102 valence electrons.